The summed E-state index contributed by atoms with van der Waals surface area (Å²) < 4.78 is 0. The van der Waals surface area contributed by atoms with E-state index in [1.54, 1.807) is 0 Å². The summed E-state index contributed by atoms with van der Waals surface area (Å²) in [5.41, 5.74) is 8.82. The second-order valence-electron chi connectivity index (χ2n) is 5.00. The van der Waals surface area contributed by atoms with Crippen molar-refractivity contribution < 1.29 is 0 Å². The van der Waals surface area contributed by atoms with E-state index in [0.717, 1.165) is 25.9 Å². The summed E-state index contributed by atoms with van der Waals surface area (Å²) in [6, 6.07) is 8.94. The number of hydrogen-bond acceptors (Lipinski definition) is 2. The van der Waals surface area contributed by atoms with Gasteiger partial charge in [-0.15, -0.1) is 0 Å². The Morgan fingerprint density at radius 1 is 1.24 bits per heavy atom. The summed E-state index contributed by atoms with van der Waals surface area (Å²) in [5, 5.41) is 0. The minimum Gasteiger partial charge on any atom is -0.328 e. The minimum absolute atomic E-state index is 0.360. The Morgan fingerprint density at radius 2 is 1.94 bits per heavy atom. The first-order valence-corrected chi connectivity index (χ1v) is 6.62. The zero-order chi connectivity index (χ0) is 12.7. The van der Waals surface area contributed by atoms with Gasteiger partial charge in [0.25, 0.3) is 0 Å². The van der Waals surface area contributed by atoms with E-state index in [1.807, 2.05) is 0 Å². The molecule has 0 saturated heterocycles. The molecule has 2 heteroatoms. The molecule has 0 bridgehead atoms. The number of nitrogens with two attached hydrogens (primary N) is 1. The molecule has 0 radical (unpaired) electrons. The first kappa shape index (κ1) is 14.2. The average Bonchev–Trinajstić information content (AvgIpc) is 2.30. The van der Waals surface area contributed by atoms with Gasteiger partial charge in [-0.25, -0.2) is 0 Å². The standard InChI is InChI=1S/C15H26N2/c1-4-7-15(16)10-11-17(3)12-14-9-6-5-8-13(14)2/h5-6,8-9,15H,4,7,10-12,16H2,1-3H3. The highest BCUT2D eigenvalue weighted by Gasteiger charge is 2.05. The van der Waals surface area contributed by atoms with Crippen LogP contribution in [-0.4, -0.2) is 24.5 Å². The van der Waals surface area contributed by atoms with Crippen molar-refractivity contribution >= 4 is 0 Å². The van der Waals surface area contributed by atoms with Crippen molar-refractivity contribution in [3.63, 3.8) is 0 Å². The lowest BCUT2D eigenvalue weighted by Gasteiger charge is -2.20. The summed E-state index contributed by atoms with van der Waals surface area (Å²) in [7, 11) is 2.17. The molecule has 0 aromatic heterocycles. The van der Waals surface area contributed by atoms with Crippen molar-refractivity contribution in [1.29, 1.82) is 0 Å². The van der Waals surface area contributed by atoms with Gasteiger partial charge in [-0.1, -0.05) is 37.6 Å². The summed E-state index contributed by atoms with van der Waals surface area (Å²) >= 11 is 0. The van der Waals surface area contributed by atoms with Gasteiger partial charge in [0.05, 0.1) is 0 Å². The maximum Gasteiger partial charge on any atom is 0.0233 e. The molecule has 0 aliphatic heterocycles. The lowest BCUT2D eigenvalue weighted by atomic mass is 10.1. The van der Waals surface area contributed by atoms with Gasteiger partial charge in [0.15, 0.2) is 0 Å². The zero-order valence-corrected chi connectivity index (χ0v) is 11.4. The molecule has 0 aliphatic carbocycles. The second-order valence-corrected chi connectivity index (χ2v) is 5.00. The van der Waals surface area contributed by atoms with Crippen LogP contribution in [0.4, 0.5) is 0 Å². The third kappa shape index (κ3) is 5.33. The molecule has 0 aliphatic rings. The molecule has 2 nitrogen and oxygen atoms in total. The Kier molecular flexibility index (Phi) is 6.23. The fraction of sp³-hybridized carbons (Fsp3) is 0.600. The van der Waals surface area contributed by atoms with Gasteiger partial charge in [-0.3, -0.25) is 0 Å². The lowest BCUT2D eigenvalue weighted by molar-refractivity contribution is 0.307. The smallest absolute Gasteiger partial charge is 0.0233 e. The zero-order valence-electron chi connectivity index (χ0n) is 11.4. The van der Waals surface area contributed by atoms with E-state index in [4.69, 9.17) is 5.73 Å². The predicted octanol–water partition coefficient (Wildman–Crippen LogP) is 2.94. The van der Waals surface area contributed by atoms with Gasteiger partial charge in [0, 0.05) is 12.6 Å². The SMILES string of the molecule is CCCC(N)CCN(C)Cc1ccccc1C. The van der Waals surface area contributed by atoms with E-state index in [0.29, 0.717) is 6.04 Å². The third-order valence-electron chi connectivity index (χ3n) is 3.24. The van der Waals surface area contributed by atoms with Crippen LogP contribution in [0.5, 0.6) is 0 Å². The van der Waals surface area contributed by atoms with Gasteiger partial charge in [-0.05, 0) is 44.5 Å². The number of hydrogen-bond donors (Lipinski definition) is 1. The molecule has 0 heterocycles. The van der Waals surface area contributed by atoms with Crippen LogP contribution in [0, 0.1) is 6.92 Å². The molecule has 1 rings (SSSR count). The van der Waals surface area contributed by atoms with E-state index < -0.39 is 0 Å². The molecule has 0 amide bonds. The van der Waals surface area contributed by atoms with Crippen molar-refractivity contribution in [3.8, 4) is 0 Å². The van der Waals surface area contributed by atoms with E-state index >= 15 is 0 Å². The van der Waals surface area contributed by atoms with Crippen LogP contribution in [0.15, 0.2) is 24.3 Å². The van der Waals surface area contributed by atoms with E-state index in [1.165, 1.54) is 17.5 Å². The van der Waals surface area contributed by atoms with Crippen LogP contribution in [0.25, 0.3) is 0 Å². The Labute approximate surface area is 106 Å². The first-order valence-electron chi connectivity index (χ1n) is 6.62. The molecule has 0 fully saturated rings. The molecule has 1 unspecified atom stereocenters. The maximum atomic E-state index is 6.03. The molecule has 17 heavy (non-hydrogen) atoms. The highest BCUT2D eigenvalue weighted by molar-refractivity contribution is 5.25. The van der Waals surface area contributed by atoms with Gasteiger partial charge in [0.1, 0.15) is 0 Å². The molecule has 2 N–H and O–H groups in total. The van der Waals surface area contributed by atoms with E-state index in [-0.39, 0.29) is 0 Å². The molecular weight excluding hydrogens is 208 g/mol. The third-order valence-corrected chi connectivity index (χ3v) is 3.24. The highest BCUT2D eigenvalue weighted by Crippen LogP contribution is 2.10. The highest BCUT2D eigenvalue weighted by atomic mass is 15.1. The number of benzene rings is 1. The van der Waals surface area contributed by atoms with Crippen molar-refractivity contribution in [1.82, 2.24) is 4.90 Å². The molecule has 96 valence electrons. The van der Waals surface area contributed by atoms with Crippen LogP contribution in [-0.2, 0) is 6.54 Å². The van der Waals surface area contributed by atoms with Gasteiger partial charge >= 0.3 is 0 Å². The summed E-state index contributed by atoms with van der Waals surface area (Å²) in [6.45, 7) is 6.46. The fourth-order valence-electron chi connectivity index (χ4n) is 2.06. The Hall–Kier alpha value is -0.860. The maximum absolute atomic E-state index is 6.03. The minimum atomic E-state index is 0.360. The fourth-order valence-corrected chi connectivity index (χ4v) is 2.06. The number of rotatable bonds is 7. The number of nitrogens with zero attached hydrogens (tertiary/aromatic N) is 1. The summed E-state index contributed by atoms with van der Waals surface area (Å²) in [4.78, 5) is 2.36. The van der Waals surface area contributed by atoms with Crippen molar-refractivity contribution in [2.24, 2.45) is 5.73 Å². The molecule has 1 atom stereocenters. The molecule has 1 aromatic rings. The average molecular weight is 234 g/mol. The number of aryl methyl sites for hydroxylation is 1. The summed E-state index contributed by atoms with van der Waals surface area (Å²) in [6.07, 6.45) is 3.41. The molecule has 1 aromatic carbocycles. The molecule has 0 saturated carbocycles. The van der Waals surface area contributed by atoms with Crippen LogP contribution in [0.3, 0.4) is 0 Å². The largest absolute Gasteiger partial charge is 0.328 e. The van der Waals surface area contributed by atoms with Crippen molar-refractivity contribution in [2.75, 3.05) is 13.6 Å². The monoisotopic (exact) mass is 234 g/mol. The summed E-state index contributed by atoms with van der Waals surface area (Å²) in [5.74, 6) is 0. The van der Waals surface area contributed by atoms with Gasteiger partial charge < -0.3 is 10.6 Å². The van der Waals surface area contributed by atoms with Crippen LogP contribution in [0.2, 0.25) is 0 Å². The Morgan fingerprint density at radius 3 is 2.59 bits per heavy atom. The lowest BCUT2D eigenvalue weighted by Crippen LogP contribution is -2.28. The predicted molar refractivity (Wildman–Crippen MR) is 75.0 cm³/mol. The van der Waals surface area contributed by atoms with Crippen LogP contribution < -0.4 is 5.73 Å². The molecular formula is C15H26N2. The van der Waals surface area contributed by atoms with Crippen molar-refractivity contribution in [2.45, 2.75) is 45.7 Å². The Balaban J connectivity index is 2.34. The van der Waals surface area contributed by atoms with Crippen LogP contribution >= 0.6 is 0 Å². The second kappa shape index (κ2) is 7.46. The van der Waals surface area contributed by atoms with Crippen molar-refractivity contribution in [3.05, 3.63) is 35.4 Å². The molecule has 0 spiro atoms. The van der Waals surface area contributed by atoms with Gasteiger partial charge in [0.2, 0.25) is 0 Å². The van der Waals surface area contributed by atoms with E-state index in [2.05, 4.69) is 50.1 Å². The normalized spacial score (nSPS) is 13.0. The quantitative estimate of drug-likeness (QED) is 0.786. The Bertz CT molecular complexity index is 322. The van der Waals surface area contributed by atoms with Gasteiger partial charge in [-0.2, -0.15) is 0 Å². The van der Waals surface area contributed by atoms with Crippen LogP contribution in [0.1, 0.15) is 37.3 Å². The topological polar surface area (TPSA) is 29.3 Å². The van der Waals surface area contributed by atoms with E-state index in [9.17, 15) is 0 Å². The first-order chi connectivity index (χ1) is 8.13.